The maximum atomic E-state index is 12.4. The number of nitrogens with zero attached hydrogens (tertiary/aromatic N) is 2. The summed E-state index contributed by atoms with van der Waals surface area (Å²) >= 11 is 0. The largest absolute Gasteiger partial charge is 0.422 e. The molecule has 0 N–H and O–H groups in total. The smallest absolute Gasteiger partial charge is 0.344 e. The molecule has 1 aliphatic heterocycles. The highest BCUT2D eigenvalue weighted by molar-refractivity contribution is 6.08. The van der Waals surface area contributed by atoms with Gasteiger partial charge in [-0.15, -0.1) is 4.67 Å². The second-order valence-electron chi connectivity index (χ2n) is 6.63. The van der Waals surface area contributed by atoms with E-state index in [1.807, 2.05) is 56.6 Å². The van der Waals surface area contributed by atoms with E-state index in [-0.39, 0.29) is 5.97 Å². The molecule has 0 saturated heterocycles. The van der Waals surface area contributed by atoms with Crippen molar-refractivity contribution in [2.45, 2.75) is 0 Å². The minimum Gasteiger partial charge on any atom is -0.422 e. The van der Waals surface area contributed by atoms with Crippen molar-refractivity contribution < 1.29 is 9.53 Å². The van der Waals surface area contributed by atoms with Crippen LogP contribution in [0.15, 0.2) is 72.3 Å². The Labute approximate surface area is 158 Å². The molecule has 0 spiro atoms. The number of esters is 1. The average Bonchev–Trinajstić information content (AvgIpc) is 3.04. The van der Waals surface area contributed by atoms with Gasteiger partial charge in [-0.3, -0.25) is 0 Å². The zero-order chi connectivity index (χ0) is 19.0. The Kier molecular flexibility index (Phi) is 4.11. The van der Waals surface area contributed by atoms with Gasteiger partial charge in [0.1, 0.15) is 5.76 Å². The van der Waals surface area contributed by atoms with E-state index >= 15 is 0 Å². The number of rotatable bonds is 2. The Bertz CT molecular complexity index is 1060. The van der Waals surface area contributed by atoms with Gasteiger partial charge in [-0.25, -0.2) is 4.79 Å². The first kappa shape index (κ1) is 16.8. The second-order valence-corrected chi connectivity index (χ2v) is 6.63. The van der Waals surface area contributed by atoms with E-state index in [4.69, 9.17) is 4.74 Å². The van der Waals surface area contributed by atoms with Crippen LogP contribution in [0.4, 0.5) is 5.69 Å². The van der Waals surface area contributed by atoms with Crippen molar-refractivity contribution in [2.24, 2.45) is 0 Å². The zero-order valence-electron chi connectivity index (χ0n) is 15.3. The topological polar surface area (TPSA) is 43.6 Å². The van der Waals surface area contributed by atoms with Crippen LogP contribution in [0.3, 0.4) is 0 Å². The Morgan fingerprint density at radius 2 is 1.56 bits per heavy atom. The van der Waals surface area contributed by atoms with Crippen molar-refractivity contribution in [1.29, 1.82) is 0 Å². The first-order valence-electron chi connectivity index (χ1n) is 8.65. The summed E-state index contributed by atoms with van der Waals surface area (Å²) in [6, 6.07) is 14.1. The molecule has 0 saturated carbocycles. The molecule has 2 aromatic carbocycles. The monoisotopic (exact) mass is 355 g/mol. The normalized spacial score (nSPS) is 14.9. The van der Waals surface area contributed by atoms with Crippen LogP contribution in [0.1, 0.15) is 15.9 Å². The van der Waals surface area contributed by atoms with Crippen LogP contribution in [0, 0.1) is 0 Å². The Balaban J connectivity index is 1.73. The minimum absolute atomic E-state index is 0.322. The molecule has 27 heavy (non-hydrogen) atoms. The van der Waals surface area contributed by atoms with Crippen molar-refractivity contribution in [3.8, 4) is 11.1 Å². The third-order valence-electron chi connectivity index (χ3n) is 4.71. The summed E-state index contributed by atoms with van der Waals surface area (Å²) in [5, 5.41) is 0. The molecule has 1 aliphatic carbocycles. The molecule has 0 radical (unpaired) electrons. The number of benzene rings is 2. The third kappa shape index (κ3) is 3.03. The van der Waals surface area contributed by atoms with Gasteiger partial charge in [-0.1, -0.05) is 18.2 Å². The fraction of sp³-hybridized carbons (Fsp3) is 0.0870. The molecule has 0 bridgehead atoms. The number of ether oxygens (including phenoxy) is 1. The molecule has 1 heterocycles. The fourth-order valence-corrected chi connectivity index (χ4v) is 3.18. The van der Waals surface area contributed by atoms with Gasteiger partial charge in [-0.05, 0) is 47.5 Å². The maximum Gasteiger partial charge on any atom is 0.344 e. The SMILES string of the molecule is C=[N+]=C1C=CC(=C2OC(=O)c3cc(-c4ccc(N(C)C)cc4)ccc32)C=C1. The van der Waals surface area contributed by atoms with Crippen LogP contribution in [0.2, 0.25) is 0 Å². The molecule has 0 unspecified atom stereocenters. The van der Waals surface area contributed by atoms with E-state index in [0.29, 0.717) is 11.3 Å². The summed E-state index contributed by atoms with van der Waals surface area (Å²) in [5.41, 5.74) is 6.21. The van der Waals surface area contributed by atoms with E-state index in [1.165, 1.54) is 0 Å². The Morgan fingerprint density at radius 1 is 0.889 bits per heavy atom. The number of carbonyl (C=O) groups excluding carboxylic acids is 1. The highest BCUT2D eigenvalue weighted by Gasteiger charge is 2.29. The molecule has 0 atom stereocenters. The molecule has 0 fully saturated rings. The van der Waals surface area contributed by atoms with Gasteiger partial charge < -0.3 is 9.64 Å². The molecule has 0 amide bonds. The predicted octanol–water partition coefficient (Wildman–Crippen LogP) is 3.64. The second kappa shape index (κ2) is 6.60. The van der Waals surface area contributed by atoms with Gasteiger partial charge in [-0.2, -0.15) is 0 Å². The number of anilines is 1. The van der Waals surface area contributed by atoms with Crippen molar-refractivity contribution in [3.05, 3.63) is 83.5 Å². The van der Waals surface area contributed by atoms with Crippen LogP contribution in [0.25, 0.3) is 16.9 Å². The van der Waals surface area contributed by atoms with Crippen molar-refractivity contribution in [1.82, 2.24) is 4.67 Å². The average molecular weight is 355 g/mol. The standard InChI is InChI=1S/C23H19N2O2/c1-24-18-9-4-16(5-10-18)22-20-13-8-17(14-21(20)23(26)27-22)15-6-11-19(12-7-15)25(2)3/h4-14H,1H2,2-3H3/q+1. The molecular formula is C23H19N2O2+. The minimum atomic E-state index is -0.322. The molecule has 4 nitrogen and oxygen atoms in total. The lowest BCUT2D eigenvalue weighted by Crippen LogP contribution is -2.07. The Morgan fingerprint density at radius 3 is 2.19 bits per heavy atom. The van der Waals surface area contributed by atoms with Crippen LogP contribution < -0.4 is 9.57 Å². The number of allylic oxidation sites excluding steroid dienone is 5. The highest BCUT2D eigenvalue weighted by atomic mass is 16.5. The van der Waals surface area contributed by atoms with Gasteiger partial charge in [0.2, 0.25) is 0 Å². The summed E-state index contributed by atoms with van der Waals surface area (Å²) < 4.78 is 9.45. The quantitative estimate of drug-likeness (QED) is 0.469. The number of carbonyl (C=O) groups is 1. The predicted molar refractivity (Wildman–Crippen MR) is 111 cm³/mol. The van der Waals surface area contributed by atoms with E-state index < -0.39 is 0 Å². The lowest BCUT2D eigenvalue weighted by atomic mass is 9.97. The molecule has 2 aromatic rings. The van der Waals surface area contributed by atoms with Crippen LogP contribution in [-0.4, -0.2) is 32.5 Å². The van der Waals surface area contributed by atoms with Gasteiger partial charge in [0, 0.05) is 43.1 Å². The molecule has 4 rings (SSSR count). The number of hydrogen-bond donors (Lipinski definition) is 0. The van der Waals surface area contributed by atoms with Gasteiger partial charge >= 0.3 is 11.7 Å². The number of hydrogen-bond acceptors (Lipinski definition) is 3. The van der Waals surface area contributed by atoms with E-state index in [9.17, 15) is 4.79 Å². The summed E-state index contributed by atoms with van der Waals surface area (Å²) in [7, 11) is 4.02. The lowest BCUT2D eigenvalue weighted by Gasteiger charge is -2.13. The van der Waals surface area contributed by atoms with Gasteiger partial charge in [0.25, 0.3) is 6.72 Å². The number of fused-ring (bicyclic) bond motifs is 1. The van der Waals surface area contributed by atoms with Gasteiger partial charge in [0.15, 0.2) is 0 Å². The third-order valence-corrected chi connectivity index (χ3v) is 4.71. The molecule has 4 heteroatoms. The van der Waals surface area contributed by atoms with Crippen LogP contribution >= 0.6 is 0 Å². The van der Waals surface area contributed by atoms with Crippen molar-refractivity contribution in [2.75, 3.05) is 19.0 Å². The molecule has 132 valence electrons. The molecule has 2 aliphatic rings. The van der Waals surface area contributed by atoms with Crippen LogP contribution in [-0.2, 0) is 4.74 Å². The Hall–Kier alpha value is -3.62. The zero-order valence-corrected chi connectivity index (χ0v) is 15.3. The summed E-state index contributed by atoms with van der Waals surface area (Å²) in [4.78, 5) is 14.5. The summed E-state index contributed by atoms with van der Waals surface area (Å²) in [6.07, 6.45) is 7.47. The lowest BCUT2D eigenvalue weighted by molar-refractivity contribution is 0.0715. The molecule has 0 aromatic heterocycles. The van der Waals surface area contributed by atoms with Crippen molar-refractivity contribution >= 4 is 29.8 Å². The maximum absolute atomic E-state index is 12.4. The molecular weight excluding hydrogens is 336 g/mol. The first-order valence-corrected chi connectivity index (χ1v) is 8.65. The van der Waals surface area contributed by atoms with E-state index in [1.54, 1.807) is 0 Å². The van der Waals surface area contributed by atoms with Crippen LogP contribution in [0.5, 0.6) is 0 Å². The van der Waals surface area contributed by atoms with Crippen molar-refractivity contribution in [3.63, 3.8) is 0 Å². The fourth-order valence-electron chi connectivity index (χ4n) is 3.18. The highest BCUT2D eigenvalue weighted by Crippen LogP contribution is 2.36. The number of cyclic esters (lactones) is 1. The van der Waals surface area contributed by atoms with E-state index in [2.05, 4.69) is 40.6 Å². The van der Waals surface area contributed by atoms with Gasteiger partial charge in [0.05, 0.1) is 5.56 Å². The summed E-state index contributed by atoms with van der Waals surface area (Å²) in [6.45, 7) is 3.51. The summed E-state index contributed by atoms with van der Waals surface area (Å²) in [5.74, 6) is 0.262. The first-order chi connectivity index (χ1) is 13.1. The van der Waals surface area contributed by atoms with E-state index in [0.717, 1.165) is 33.7 Å².